The van der Waals surface area contributed by atoms with Crippen molar-refractivity contribution < 1.29 is 22.4 Å². The Bertz CT molecular complexity index is 513. The van der Waals surface area contributed by atoms with Gasteiger partial charge in [0.25, 0.3) is 10.1 Å². The van der Waals surface area contributed by atoms with Gasteiger partial charge >= 0.3 is 0 Å². The van der Waals surface area contributed by atoms with Crippen molar-refractivity contribution in [2.75, 3.05) is 6.61 Å². The Hall–Kier alpha value is -0.950. The van der Waals surface area contributed by atoms with Gasteiger partial charge in [-0.1, -0.05) is 37.3 Å². The van der Waals surface area contributed by atoms with Gasteiger partial charge in [-0.15, -0.1) is 0 Å². The number of benzene rings is 1. The van der Waals surface area contributed by atoms with Crippen molar-refractivity contribution in [3.05, 3.63) is 35.9 Å². The Morgan fingerprint density at radius 2 is 1.82 bits per heavy atom. The molecule has 126 valence electrons. The molecule has 1 unspecified atom stereocenters. The third-order valence-electron chi connectivity index (χ3n) is 3.15. The van der Waals surface area contributed by atoms with Crippen molar-refractivity contribution >= 4 is 10.1 Å². The highest BCUT2D eigenvalue weighted by molar-refractivity contribution is 7.87. The Kier molecular flexibility index (Phi) is 8.03. The number of aliphatic hydroxyl groups excluding tert-OH is 1. The Balaban J connectivity index is 2.43. The van der Waals surface area contributed by atoms with Gasteiger partial charge < -0.3 is 9.84 Å². The monoisotopic (exact) mass is 330 g/mol. The lowest BCUT2D eigenvalue weighted by Gasteiger charge is -2.20. The standard InChI is InChI=1S/C16H26O5S/c1-4-16(22(18,19)21-13(2)3)10-15(17)12-20-11-14-8-6-5-7-9-14/h5-9,13,15-17H,4,10-12H2,1-3H3/t15?,16-/m1/s1. The predicted molar refractivity (Wildman–Crippen MR) is 85.9 cm³/mol. The number of rotatable bonds is 10. The fourth-order valence-corrected chi connectivity index (χ4v) is 3.65. The zero-order chi connectivity index (χ0) is 16.6. The van der Waals surface area contributed by atoms with Gasteiger partial charge in [0.1, 0.15) is 0 Å². The van der Waals surface area contributed by atoms with E-state index < -0.39 is 27.6 Å². The van der Waals surface area contributed by atoms with Crippen LogP contribution in [0, 0.1) is 0 Å². The second-order valence-corrected chi connectivity index (χ2v) is 7.40. The summed E-state index contributed by atoms with van der Waals surface area (Å²) in [7, 11) is -3.66. The molecule has 1 N–H and O–H groups in total. The first-order valence-corrected chi connectivity index (χ1v) is 9.04. The van der Waals surface area contributed by atoms with Crippen LogP contribution in [0.1, 0.15) is 39.2 Å². The summed E-state index contributed by atoms with van der Waals surface area (Å²) in [6.45, 7) is 5.60. The molecule has 22 heavy (non-hydrogen) atoms. The van der Waals surface area contributed by atoms with Crippen LogP contribution in [0.4, 0.5) is 0 Å². The largest absolute Gasteiger partial charge is 0.391 e. The van der Waals surface area contributed by atoms with Gasteiger partial charge in [0.15, 0.2) is 0 Å². The topological polar surface area (TPSA) is 72.8 Å². The maximum atomic E-state index is 12.0. The average molecular weight is 330 g/mol. The van der Waals surface area contributed by atoms with E-state index in [-0.39, 0.29) is 13.0 Å². The van der Waals surface area contributed by atoms with Gasteiger partial charge in [0.05, 0.1) is 30.7 Å². The van der Waals surface area contributed by atoms with Gasteiger partial charge in [-0.25, -0.2) is 0 Å². The maximum Gasteiger partial charge on any atom is 0.270 e. The van der Waals surface area contributed by atoms with Crippen molar-refractivity contribution in [3.63, 3.8) is 0 Å². The molecule has 0 radical (unpaired) electrons. The minimum atomic E-state index is -3.66. The first kappa shape index (κ1) is 19.1. The third-order valence-corrected chi connectivity index (χ3v) is 5.14. The van der Waals surface area contributed by atoms with E-state index in [1.54, 1.807) is 20.8 Å². The number of aliphatic hydroxyl groups is 1. The second kappa shape index (κ2) is 9.25. The predicted octanol–water partition coefficient (Wildman–Crippen LogP) is 2.49. The first-order chi connectivity index (χ1) is 10.3. The van der Waals surface area contributed by atoms with E-state index in [2.05, 4.69) is 0 Å². The van der Waals surface area contributed by atoms with Gasteiger partial charge in [-0.2, -0.15) is 8.42 Å². The highest BCUT2D eigenvalue weighted by Gasteiger charge is 2.28. The fraction of sp³-hybridized carbons (Fsp3) is 0.625. The average Bonchev–Trinajstić information content (AvgIpc) is 2.44. The number of hydrogen-bond acceptors (Lipinski definition) is 5. The summed E-state index contributed by atoms with van der Waals surface area (Å²) in [5.41, 5.74) is 1.01. The van der Waals surface area contributed by atoms with E-state index in [0.29, 0.717) is 13.0 Å². The molecular weight excluding hydrogens is 304 g/mol. The van der Waals surface area contributed by atoms with Crippen LogP contribution in [0.5, 0.6) is 0 Å². The van der Waals surface area contributed by atoms with Gasteiger partial charge in [0, 0.05) is 0 Å². The van der Waals surface area contributed by atoms with Crippen molar-refractivity contribution in [1.29, 1.82) is 0 Å². The smallest absolute Gasteiger partial charge is 0.270 e. The van der Waals surface area contributed by atoms with Gasteiger partial charge in [0.2, 0.25) is 0 Å². The molecule has 0 aliphatic rings. The summed E-state index contributed by atoms with van der Waals surface area (Å²) < 4.78 is 34.5. The number of ether oxygens (including phenoxy) is 1. The van der Waals surface area contributed by atoms with Crippen LogP contribution in [0.15, 0.2) is 30.3 Å². The molecular formula is C16H26O5S. The van der Waals surface area contributed by atoms with E-state index in [4.69, 9.17) is 8.92 Å². The summed E-state index contributed by atoms with van der Waals surface area (Å²) in [5, 5.41) is 9.26. The molecule has 0 saturated carbocycles. The summed E-state index contributed by atoms with van der Waals surface area (Å²) in [6, 6.07) is 9.62. The molecule has 0 heterocycles. The van der Waals surface area contributed by atoms with Crippen LogP contribution in [0.3, 0.4) is 0 Å². The zero-order valence-corrected chi connectivity index (χ0v) is 14.3. The first-order valence-electron chi connectivity index (χ1n) is 7.57. The quantitative estimate of drug-likeness (QED) is 0.667. The summed E-state index contributed by atoms with van der Waals surface area (Å²) >= 11 is 0. The molecule has 0 amide bonds. The van der Waals surface area contributed by atoms with Crippen LogP contribution in [-0.2, 0) is 25.6 Å². The molecule has 1 aromatic carbocycles. The Morgan fingerprint density at radius 3 is 2.36 bits per heavy atom. The van der Waals surface area contributed by atoms with E-state index in [0.717, 1.165) is 5.56 Å². The highest BCUT2D eigenvalue weighted by Crippen LogP contribution is 2.17. The van der Waals surface area contributed by atoms with Crippen LogP contribution < -0.4 is 0 Å². The van der Waals surface area contributed by atoms with E-state index in [9.17, 15) is 13.5 Å². The molecule has 0 fully saturated rings. The van der Waals surface area contributed by atoms with Crippen LogP contribution in [0.2, 0.25) is 0 Å². The SMILES string of the molecule is CC[C@H](CC(O)COCc1ccccc1)S(=O)(=O)OC(C)C. The van der Waals surface area contributed by atoms with E-state index in [1.807, 2.05) is 30.3 Å². The van der Waals surface area contributed by atoms with E-state index in [1.165, 1.54) is 0 Å². The van der Waals surface area contributed by atoms with Crippen molar-refractivity contribution in [2.24, 2.45) is 0 Å². The van der Waals surface area contributed by atoms with E-state index >= 15 is 0 Å². The normalized spacial score (nSPS) is 15.0. The lowest BCUT2D eigenvalue weighted by atomic mass is 10.1. The van der Waals surface area contributed by atoms with Crippen molar-refractivity contribution in [3.8, 4) is 0 Å². The summed E-state index contributed by atoms with van der Waals surface area (Å²) in [5.74, 6) is 0. The van der Waals surface area contributed by atoms with Gasteiger partial charge in [-0.3, -0.25) is 4.18 Å². The summed E-state index contributed by atoms with van der Waals surface area (Å²) in [6.07, 6.45) is -0.727. The molecule has 1 aromatic rings. The third kappa shape index (κ3) is 6.87. The molecule has 0 aromatic heterocycles. The molecule has 0 aliphatic carbocycles. The fourth-order valence-electron chi connectivity index (χ4n) is 2.09. The molecule has 0 spiro atoms. The molecule has 2 atom stereocenters. The van der Waals surface area contributed by atoms with Gasteiger partial charge in [-0.05, 0) is 32.3 Å². The second-order valence-electron chi connectivity index (χ2n) is 5.56. The molecule has 0 aliphatic heterocycles. The van der Waals surface area contributed by atoms with Crippen molar-refractivity contribution in [2.45, 2.75) is 57.7 Å². The lowest BCUT2D eigenvalue weighted by Crippen LogP contribution is -2.31. The Morgan fingerprint density at radius 1 is 1.18 bits per heavy atom. The summed E-state index contributed by atoms with van der Waals surface area (Å²) in [4.78, 5) is 0. The molecule has 1 rings (SSSR count). The molecule has 0 bridgehead atoms. The zero-order valence-electron chi connectivity index (χ0n) is 13.4. The Labute approximate surface area is 133 Å². The minimum absolute atomic E-state index is 0.0998. The molecule has 0 saturated heterocycles. The molecule has 5 nitrogen and oxygen atoms in total. The lowest BCUT2D eigenvalue weighted by molar-refractivity contribution is 0.0234. The molecule has 6 heteroatoms. The highest BCUT2D eigenvalue weighted by atomic mass is 32.2. The maximum absolute atomic E-state index is 12.0. The van der Waals surface area contributed by atoms with Crippen LogP contribution in [-0.4, -0.2) is 37.6 Å². The number of hydrogen-bond donors (Lipinski definition) is 1. The minimum Gasteiger partial charge on any atom is -0.391 e. The van der Waals surface area contributed by atoms with Crippen LogP contribution in [0.25, 0.3) is 0 Å². The van der Waals surface area contributed by atoms with Crippen LogP contribution >= 0.6 is 0 Å². The van der Waals surface area contributed by atoms with Crippen molar-refractivity contribution in [1.82, 2.24) is 0 Å².